The maximum absolute atomic E-state index is 13.2. The van der Waals surface area contributed by atoms with Crippen LogP contribution in [0.5, 0.6) is 0 Å². The van der Waals surface area contributed by atoms with E-state index in [1.54, 1.807) is 12.3 Å². The third kappa shape index (κ3) is 5.65. The van der Waals surface area contributed by atoms with Gasteiger partial charge in [-0.05, 0) is 65.5 Å². The molecule has 0 aromatic carbocycles. The van der Waals surface area contributed by atoms with Crippen LogP contribution in [-0.4, -0.2) is 44.5 Å². The van der Waals surface area contributed by atoms with Crippen LogP contribution in [0.2, 0.25) is 0 Å². The number of carbonyl (C=O) groups is 2. The maximum atomic E-state index is 13.2. The van der Waals surface area contributed by atoms with Crippen molar-refractivity contribution in [1.82, 2.24) is 25.2 Å². The summed E-state index contributed by atoms with van der Waals surface area (Å²) in [6, 6.07) is 7.90. The Kier molecular flexibility index (Phi) is 7.53. The topological polar surface area (TPSA) is 125 Å². The molecule has 0 atom stereocenters. The molecule has 9 heteroatoms. The Morgan fingerprint density at radius 3 is 2.47 bits per heavy atom. The lowest BCUT2D eigenvalue weighted by atomic mass is 9.85. The van der Waals surface area contributed by atoms with Gasteiger partial charge in [0.15, 0.2) is 0 Å². The first-order chi connectivity index (χ1) is 17.2. The van der Waals surface area contributed by atoms with Crippen molar-refractivity contribution in [1.29, 1.82) is 5.26 Å². The van der Waals surface area contributed by atoms with Crippen LogP contribution in [0.25, 0.3) is 16.9 Å². The predicted molar refractivity (Wildman–Crippen MR) is 139 cm³/mol. The molecule has 9 nitrogen and oxygen atoms in total. The number of hydrogen-bond acceptors (Lipinski definition) is 6. The summed E-state index contributed by atoms with van der Waals surface area (Å²) in [5.74, 6) is 0.558. The van der Waals surface area contributed by atoms with Crippen LogP contribution in [0, 0.1) is 17.2 Å². The van der Waals surface area contributed by atoms with Crippen molar-refractivity contribution in [3.63, 3.8) is 0 Å². The molecule has 1 aliphatic rings. The van der Waals surface area contributed by atoms with Gasteiger partial charge in [-0.3, -0.25) is 14.2 Å². The lowest BCUT2D eigenvalue weighted by molar-refractivity contribution is -0.126. The molecule has 188 valence electrons. The molecule has 1 fully saturated rings. The third-order valence-electron chi connectivity index (χ3n) is 6.34. The van der Waals surface area contributed by atoms with Gasteiger partial charge in [0.25, 0.3) is 5.91 Å². The molecule has 0 unspecified atom stereocenters. The van der Waals surface area contributed by atoms with Gasteiger partial charge >= 0.3 is 0 Å². The number of nitrogens with zero attached hydrogens (tertiary/aromatic N) is 4. The van der Waals surface area contributed by atoms with Crippen molar-refractivity contribution in [3.8, 4) is 11.9 Å². The molecule has 36 heavy (non-hydrogen) atoms. The molecule has 0 spiro atoms. The fourth-order valence-corrected chi connectivity index (χ4v) is 4.62. The molecule has 3 heterocycles. The van der Waals surface area contributed by atoms with E-state index in [1.807, 2.05) is 50.6 Å². The zero-order valence-corrected chi connectivity index (χ0v) is 21.2. The fraction of sp³-hybridized carbons (Fsp3) is 0.444. The second-order valence-corrected chi connectivity index (χ2v) is 10.0. The summed E-state index contributed by atoms with van der Waals surface area (Å²) in [5, 5.41) is 19.5. The highest BCUT2D eigenvalue weighted by atomic mass is 16.2. The number of amides is 2. The van der Waals surface area contributed by atoms with Crippen molar-refractivity contribution < 1.29 is 9.59 Å². The average molecular weight is 488 g/mol. The van der Waals surface area contributed by atoms with Crippen molar-refractivity contribution >= 4 is 28.5 Å². The highest BCUT2D eigenvalue weighted by Crippen LogP contribution is 2.27. The van der Waals surface area contributed by atoms with Gasteiger partial charge in [0.2, 0.25) is 5.91 Å². The number of aromatic nitrogens is 3. The van der Waals surface area contributed by atoms with E-state index in [4.69, 9.17) is 5.26 Å². The van der Waals surface area contributed by atoms with E-state index in [9.17, 15) is 9.59 Å². The van der Waals surface area contributed by atoms with Gasteiger partial charge in [-0.2, -0.15) is 5.26 Å². The summed E-state index contributed by atoms with van der Waals surface area (Å²) in [7, 11) is 0. The molecule has 4 rings (SSSR count). The smallest absolute Gasteiger partial charge is 0.255 e. The molecular weight excluding hydrogens is 454 g/mol. The minimum Gasteiger partial charge on any atom is -0.382 e. The van der Waals surface area contributed by atoms with E-state index in [1.165, 1.54) is 6.20 Å². The summed E-state index contributed by atoms with van der Waals surface area (Å²) in [5.41, 5.74) is 2.35. The molecule has 1 aliphatic carbocycles. The number of nitriles is 1. The van der Waals surface area contributed by atoms with Crippen LogP contribution in [-0.2, 0) is 4.79 Å². The Hall–Kier alpha value is -3.93. The van der Waals surface area contributed by atoms with E-state index in [0.717, 1.165) is 31.1 Å². The summed E-state index contributed by atoms with van der Waals surface area (Å²) < 4.78 is 1.84. The molecule has 3 aromatic heterocycles. The van der Waals surface area contributed by atoms with E-state index in [-0.39, 0.29) is 35.9 Å². The van der Waals surface area contributed by atoms with E-state index in [2.05, 4.69) is 32.0 Å². The molecule has 3 aromatic rings. The fourth-order valence-electron chi connectivity index (χ4n) is 4.62. The van der Waals surface area contributed by atoms with Crippen LogP contribution in [0.4, 0.5) is 5.69 Å². The molecule has 0 radical (unpaired) electrons. The SMILES string of the molecule is CC(C)NC(=O)C1CCC(NC(=O)c2cnc(-n3ccc4cc(C#N)cnc43)cc2NC(C)C)CC1. The zero-order chi connectivity index (χ0) is 25.8. The minimum atomic E-state index is -0.179. The Morgan fingerprint density at radius 1 is 1.06 bits per heavy atom. The van der Waals surface area contributed by atoms with Gasteiger partial charge in [-0.15, -0.1) is 0 Å². The van der Waals surface area contributed by atoms with Crippen molar-refractivity contribution in [2.24, 2.45) is 5.92 Å². The molecule has 0 saturated heterocycles. The molecule has 1 saturated carbocycles. The summed E-state index contributed by atoms with van der Waals surface area (Å²) in [6.45, 7) is 7.96. The normalized spacial score (nSPS) is 17.7. The van der Waals surface area contributed by atoms with Crippen LogP contribution >= 0.6 is 0 Å². The van der Waals surface area contributed by atoms with Gasteiger partial charge < -0.3 is 16.0 Å². The first-order valence-electron chi connectivity index (χ1n) is 12.5. The number of pyridine rings is 2. The predicted octanol–water partition coefficient (Wildman–Crippen LogP) is 3.93. The summed E-state index contributed by atoms with van der Waals surface area (Å²) >= 11 is 0. The lowest BCUT2D eigenvalue weighted by Gasteiger charge is -2.29. The van der Waals surface area contributed by atoms with Crippen molar-refractivity contribution in [2.45, 2.75) is 71.5 Å². The monoisotopic (exact) mass is 487 g/mol. The number of nitrogens with one attached hydrogen (secondary N) is 3. The Labute approximate surface area is 211 Å². The molecule has 0 aliphatic heterocycles. The number of hydrogen-bond donors (Lipinski definition) is 3. The summed E-state index contributed by atoms with van der Waals surface area (Å²) in [4.78, 5) is 34.5. The lowest BCUT2D eigenvalue weighted by Crippen LogP contribution is -2.42. The van der Waals surface area contributed by atoms with Gasteiger partial charge in [0, 0.05) is 54.1 Å². The highest BCUT2D eigenvalue weighted by molar-refractivity contribution is 6.00. The van der Waals surface area contributed by atoms with Crippen molar-refractivity contribution in [2.75, 3.05) is 5.32 Å². The van der Waals surface area contributed by atoms with E-state index < -0.39 is 0 Å². The second kappa shape index (κ2) is 10.8. The average Bonchev–Trinajstić information content (AvgIpc) is 3.26. The van der Waals surface area contributed by atoms with Crippen LogP contribution in [0.3, 0.4) is 0 Å². The van der Waals surface area contributed by atoms with Crippen LogP contribution < -0.4 is 16.0 Å². The first-order valence-corrected chi connectivity index (χ1v) is 12.5. The standard InChI is InChI=1S/C27H33N7O2/c1-16(2)31-23-12-24(34-10-9-20-11-18(13-28)14-30-25(20)34)29-15-22(23)27(36)33-21-7-5-19(6-8-21)26(35)32-17(3)4/h9-12,14-17,19,21H,5-8H2,1-4H3,(H,29,31)(H,32,35)(H,33,36). The maximum Gasteiger partial charge on any atom is 0.255 e. The van der Waals surface area contributed by atoms with Crippen LogP contribution in [0.1, 0.15) is 69.3 Å². The van der Waals surface area contributed by atoms with Gasteiger partial charge in [0.1, 0.15) is 17.5 Å². The highest BCUT2D eigenvalue weighted by Gasteiger charge is 2.28. The second-order valence-electron chi connectivity index (χ2n) is 10.0. The summed E-state index contributed by atoms with van der Waals surface area (Å²) in [6.07, 6.45) is 8.05. The largest absolute Gasteiger partial charge is 0.382 e. The number of rotatable bonds is 7. The van der Waals surface area contributed by atoms with Crippen LogP contribution in [0.15, 0.2) is 36.8 Å². The van der Waals surface area contributed by atoms with Gasteiger partial charge in [0.05, 0.1) is 16.8 Å². The minimum absolute atomic E-state index is 0.00825. The number of fused-ring (bicyclic) bond motifs is 1. The number of anilines is 1. The van der Waals surface area contributed by atoms with E-state index in [0.29, 0.717) is 28.3 Å². The third-order valence-corrected chi connectivity index (χ3v) is 6.34. The van der Waals surface area contributed by atoms with Crippen molar-refractivity contribution in [3.05, 3.63) is 47.9 Å². The molecule has 3 N–H and O–H groups in total. The number of carbonyl (C=O) groups excluding carboxylic acids is 2. The molecule has 2 amide bonds. The van der Waals surface area contributed by atoms with E-state index >= 15 is 0 Å². The van der Waals surface area contributed by atoms with Gasteiger partial charge in [-0.1, -0.05) is 0 Å². The quantitative estimate of drug-likeness (QED) is 0.464. The van der Waals surface area contributed by atoms with Gasteiger partial charge in [-0.25, -0.2) is 9.97 Å². The molecular formula is C27H33N7O2. The molecule has 0 bridgehead atoms. The Balaban J connectivity index is 1.51. The Morgan fingerprint density at radius 2 is 1.81 bits per heavy atom. The zero-order valence-electron chi connectivity index (χ0n) is 21.2. The first kappa shape index (κ1) is 25.2. The Bertz CT molecular complexity index is 1300.